The number of hydrogen-bond acceptors (Lipinski definition) is 3. The lowest BCUT2D eigenvalue weighted by atomic mass is 9.95. The van der Waals surface area contributed by atoms with Crippen LogP contribution < -0.4 is 10.2 Å². The van der Waals surface area contributed by atoms with Crippen LogP contribution in [0, 0.1) is 19.8 Å². The maximum Gasteiger partial charge on any atom is 0.227 e. The number of imidazole rings is 1. The second-order valence-electron chi connectivity index (χ2n) is 6.26. The smallest absolute Gasteiger partial charge is 0.227 e. The van der Waals surface area contributed by atoms with E-state index in [9.17, 15) is 9.59 Å². The van der Waals surface area contributed by atoms with Crippen LogP contribution in [0.1, 0.15) is 29.8 Å². The van der Waals surface area contributed by atoms with Gasteiger partial charge < -0.3 is 15.2 Å². The third kappa shape index (κ3) is 3.48. The molecule has 3 rings (SSSR count). The first kappa shape index (κ1) is 16.2. The molecule has 1 aliphatic rings. The highest BCUT2D eigenvalue weighted by molar-refractivity contribution is 5.96. The molecule has 2 heterocycles. The molecule has 1 unspecified atom stereocenters. The van der Waals surface area contributed by atoms with E-state index in [-0.39, 0.29) is 17.7 Å². The highest BCUT2D eigenvalue weighted by Gasteiger charge is 2.31. The summed E-state index contributed by atoms with van der Waals surface area (Å²) in [7, 11) is 0. The second kappa shape index (κ2) is 6.86. The maximum absolute atomic E-state index is 12.4. The molecule has 1 fully saturated rings. The fraction of sp³-hybridized carbons (Fsp3) is 0.389. The Balaban J connectivity index is 1.67. The lowest BCUT2D eigenvalue weighted by Crippen LogP contribution is -2.45. The molecule has 1 aromatic heterocycles. The van der Waals surface area contributed by atoms with Crippen LogP contribution >= 0.6 is 0 Å². The molecule has 1 aromatic carbocycles. The highest BCUT2D eigenvalue weighted by Crippen LogP contribution is 2.26. The van der Waals surface area contributed by atoms with Crippen LogP contribution in [0.3, 0.4) is 0 Å². The molecule has 0 saturated carbocycles. The van der Waals surface area contributed by atoms with Crippen molar-refractivity contribution in [2.24, 2.45) is 5.92 Å². The summed E-state index contributed by atoms with van der Waals surface area (Å²) in [5.74, 6) is 0.571. The minimum absolute atomic E-state index is 0.0345. The Bertz CT molecular complexity index is 739. The Labute approximate surface area is 141 Å². The Morgan fingerprint density at radius 3 is 2.92 bits per heavy atom. The molecule has 2 N–H and O–H groups in total. The van der Waals surface area contributed by atoms with E-state index in [0.717, 1.165) is 17.1 Å². The largest absolute Gasteiger partial charge is 0.349 e. The van der Waals surface area contributed by atoms with Crippen molar-refractivity contribution < 1.29 is 9.59 Å². The zero-order valence-electron chi connectivity index (χ0n) is 14.0. The summed E-state index contributed by atoms with van der Waals surface area (Å²) in [4.78, 5) is 33.5. The standard InChI is InChI=1S/C18H22N4O2/c1-12-3-5-15(9-13(12)2)22-11-14(4-6-17(22)23)18(24)21-10-16-19-7-8-20-16/h3,5,7-9,14H,4,6,10-11H2,1-2H3,(H,19,20)(H,21,24). The number of nitrogens with one attached hydrogen (secondary N) is 2. The molecule has 2 amide bonds. The molecular weight excluding hydrogens is 304 g/mol. The molecule has 0 radical (unpaired) electrons. The van der Waals surface area contributed by atoms with E-state index < -0.39 is 0 Å². The summed E-state index contributed by atoms with van der Waals surface area (Å²) in [5.41, 5.74) is 3.20. The van der Waals surface area contributed by atoms with Crippen molar-refractivity contribution in [1.82, 2.24) is 15.3 Å². The van der Waals surface area contributed by atoms with Gasteiger partial charge in [0.15, 0.2) is 0 Å². The van der Waals surface area contributed by atoms with E-state index in [1.54, 1.807) is 17.3 Å². The zero-order valence-corrected chi connectivity index (χ0v) is 14.0. The Hall–Kier alpha value is -2.63. The van der Waals surface area contributed by atoms with Gasteiger partial charge in [0.2, 0.25) is 11.8 Å². The third-order valence-corrected chi connectivity index (χ3v) is 4.57. The van der Waals surface area contributed by atoms with Crippen LogP contribution in [-0.4, -0.2) is 28.3 Å². The van der Waals surface area contributed by atoms with E-state index in [1.807, 2.05) is 32.0 Å². The summed E-state index contributed by atoms with van der Waals surface area (Å²) in [6.45, 7) is 4.87. The van der Waals surface area contributed by atoms with Gasteiger partial charge in [0.25, 0.3) is 0 Å². The molecule has 1 aliphatic heterocycles. The number of carbonyl (C=O) groups excluding carboxylic acids is 2. The molecule has 24 heavy (non-hydrogen) atoms. The van der Waals surface area contributed by atoms with Crippen molar-refractivity contribution in [3.63, 3.8) is 0 Å². The van der Waals surface area contributed by atoms with Gasteiger partial charge in [-0.25, -0.2) is 4.98 Å². The number of carbonyl (C=O) groups is 2. The van der Waals surface area contributed by atoms with Crippen molar-refractivity contribution in [3.05, 3.63) is 47.5 Å². The van der Waals surface area contributed by atoms with Gasteiger partial charge in [0, 0.05) is 31.0 Å². The van der Waals surface area contributed by atoms with Crippen LogP contribution in [0.25, 0.3) is 0 Å². The summed E-state index contributed by atoms with van der Waals surface area (Å²) >= 11 is 0. The van der Waals surface area contributed by atoms with Gasteiger partial charge in [-0.05, 0) is 43.5 Å². The molecule has 6 nitrogen and oxygen atoms in total. The van der Waals surface area contributed by atoms with Gasteiger partial charge in [-0.15, -0.1) is 0 Å². The van der Waals surface area contributed by atoms with Crippen molar-refractivity contribution in [1.29, 1.82) is 0 Å². The topological polar surface area (TPSA) is 78.1 Å². The van der Waals surface area contributed by atoms with Crippen LogP contribution in [0.2, 0.25) is 0 Å². The first-order valence-corrected chi connectivity index (χ1v) is 8.18. The van der Waals surface area contributed by atoms with Gasteiger partial charge in [0.1, 0.15) is 5.82 Å². The van der Waals surface area contributed by atoms with Gasteiger partial charge in [-0.2, -0.15) is 0 Å². The van der Waals surface area contributed by atoms with Crippen molar-refractivity contribution in [3.8, 4) is 0 Å². The Kier molecular flexibility index (Phi) is 4.64. The Morgan fingerprint density at radius 2 is 2.21 bits per heavy atom. The van der Waals surface area contributed by atoms with Crippen LogP contribution in [-0.2, 0) is 16.1 Å². The van der Waals surface area contributed by atoms with Crippen molar-refractivity contribution in [2.45, 2.75) is 33.2 Å². The molecule has 1 saturated heterocycles. The minimum Gasteiger partial charge on any atom is -0.349 e. The first-order valence-electron chi connectivity index (χ1n) is 8.18. The molecule has 6 heteroatoms. The number of nitrogens with zero attached hydrogens (tertiary/aromatic N) is 2. The van der Waals surface area contributed by atoms with Gasteiger partial charge in [-0.3, -0.25) is 9.59 Å². The van der Waals surface area contributed by atoms with E-state index in [1.165, 1.54) is 5.56 Å². The number of aryl methyl sites for hydroxylation is 2. The van der Waals surface area contributed by atoms with Gasteiger partial charge in [0.05, 0.1) is 12.5 Å². The van der Waals surface area contributed by atoms with Crippen molar-refractivity contribution >= 4 is 17.5 Å². The number of rotatable bonds is 4. The van der Waals surface area contributed by atoms with E-state index in [4.69, 9.17) is 0 Å². The van der Waals surface area contributed by atoms with Crippen molar-refractivity contribution in [2.75, 3.05) is 11.4 Å². The summed E-state index contributed by atoms with van der Waals surface area (Å²) in [6, 6.07) is 5.97. The number of benzene rings is 1. The number of amides is 2. The normalized spacial score (nSPS) is 17.8. The van der Waals surface area contributed by atoms with Crippen LogP contribution in [0.15, 0.2) is 30.6 Å². The molecule has 1 atom stereocenters. The van der Waals surface area contributed by atoms with Crippen LogP contribution in [0.4, 0.5) is 5.69 Å². The zero-order chi connectivity index (χ0) is 17.1. The minimum atomic E-state index is -0.195. The number of piperidine rings is 1. The second-order valence-corrected chi connectivity index (χ2v) is 6.26. The number of H-pyrrole nitrogens is 1. The predicted molar refractivity (Wildman–Crippen MR) is 91.4 cm³/mol. The lowest BCUT2D eigenvalue weighted by molar-refractivity contribution is -0.127. The highest BCUT2D eigenvalue weighted by atomic mass is 16.2. The first-order chi connectivity index (χ1) is 11.5. The SMILES string of the molecule is Cc1ccc(N2CC(C(=O)NCc3ncc[nH]3)CCC2=O)cc1C. The average Bonchev–Trinajstić information content (AvgIpc) is 3.09. The van der Waals surface area contributed by atoms with Gasteiger partial charge in [-0.1, -0.05) is 6.07 Å². The lowest BCUT2D eigenvalue weighted by Gasteiger charge is -2.32. The average molecular weight is 326 g/mol. The maximum atomic E-state index is 12.4. The third-order valence-electron chi connectivity index (χ3n) is 4.57. The quantitative estimate of drug-likeness (QED) is 0.903. The number of anilines is 1. The van der Waals surface area contributed by atoms with Gasteiger partial charge >= 0.3 is 0 Å². The summed E-state index contributed by atoms with van der Waals surface area (Å²) < 4.78 is 0. The van der Waals surface area contributed by atoms with E-state index in [2.05, 4.69) is 15.3 Å². The van der Waals surface area contributed by atoms with E-state index >= 15 is 0 Å². The summed E-state index contributed by atoms with van der Waals surface area (Å²) in [6.07, 6.45) is 4.36. The fourth-order valence-electron chi connectivity index (χ4n) is 2.91. The molecule has 0 spiro atoms. The fourth-order valence-corrected chi connectivity index (χ4v) is 2.91. The molecule has 2 aromatic rings. The number of hydrogen-bond donors (Lipinski definition) is 2. The van der Waals surface area contributed by atoms with Crippen LogP contribution in [0.5, 0.6) is 0 Å². The monoisotopic (exact) mass is 326 g/mol. The van der Waals surface area contributed by atoms with E-state index in [0.29, 0.717) is 25.9 Å². The predicted octanol–water partition coefficient (Wildman–Crippen LogP) is 2.09. The molecule has 0 bridgehead atoms. The molecule has 0 aliphatic carbocycles. The number of aromatic nitrogens is 2. The Morgan fingerprint density at radius 1 is 1.38 bits per heavy atom. The molecule has 126 valence electrons. The molecular formula is C18H22N4O2. The number of aromatic amines is 1. The summed E-state index contributed by atoms with van der Waals surface area (Å²) in [5, 5.41) is 2.89.